The molecule has 0 unspecified atom stereocenters. The number of thiophene rings is 3. The summed E-state index contributed by atoms with van der Waals surface area (Å²) in [6.45, 7) is 0. The molecule has 0 aromatic carbocycles. The van der Waals surface area contributed by atoms with Crippen LogP contribution in [0.15, 0.2) is 35.1 Å². The maximum atomic E-state index is 8.97. The summed E-state index contributed by atoms with van der Waals surface area (Å²) >= 11 is 8.58. The van der Waals surface area contributed by atoms with Gasteiger partial charge in [-0.2, -0.15) is 10.5 Å². The molecule has 2 nitrogen and oxygen atoms in total. The third kappa shape index (κ3) is 2.76. The van der Waals surface area contributed by atoms with Crippen molar-refractivity contribution in [3.05, 3.63) is 53.2 Å². The molecule has 0 fully saturated rings. The maximum Gasteiger partial charge on any atom is 0.146 e. The van der Waals surface area contributed by atoms with E-state index >= 15 is 0 Å². The lowest BCUT2D eigenvalue weighted by atomic mass is 10.3. The third-order valence-corrected chi connectivity index (χ3v) is 9.16. The number of hydrogen-bond donors (Lipinski definition) is 0. The maximum absolute atomic E-state index is 8.97. The van der Waals surface area contributed by atoms with Crippen LogP contribution >= 0.6 is 57.5 Å². The first-order valence-corrected chi connectivity index (χ1v) is 10.7. The van der Waals surface area contributed by atoms with E-state index in [1.54, 1.807) is 34.9 Å². The van der Waals surface area contributed by atoms with E-state index in [4.69, 9.17) is 10.5 Å². The molecule has 3 aromatic heterocycles. The molecule has 1 aliphatic heterocycles. The molecule has 0 N–H and O–H groups in total. The minimum atomic E-state index is 0.192. The van der Waals surface area contributed by atoms with E-state index in [-0.39, 0.29) is 5.57 Å². The number of rotatable bonds is 0. The van der Waals surface area contributed by atoms with Crippen molar-refractivity contribution in [2.45, 2.75) is 0 Å². The summed E-state index contributed by atoms with van der Waals surface area (Å²) in [5.41, 5.74) is 0.192. The fourth-order valence-electron chi connectivity index (χ4n) is 2.12. The van der Waals surface area contributed by atoms with Gasteiger partial charge in [-0.15, -0.1) is 34.0 Å². The molecule has 0 bridgehead atoms. The number of nitriles is 2. The number of hydrogen-bond acceptors (Lipinski definition) is 7. The van der Waals surface area contributed by atoms with Crippen molar-refractivity contribution in [3.63, 3.8) is 0 Å². The van der Waals surface area contributed by atoms with Crippen LogP contribution in [0, 0.1) is 31.7 Å². The molecule has 0 spiro atoms. The SMILES string of the molecule is N#CC(C#N)=c1cc2s/c(=c3\ccc(=C4SC=CS4)s3)cc2s1. The van der Waals surface area contributed by atoms with E-state index in [2.05, 4.69) is 29.0 Å². The molecular weight excluding hydrogens is 381 g/mol. The van der Waals surface area contributed by atoms with Crippen LogP contribution in [0.1, 0.15) is 0 Å². The van der Waals surface area contributed by atoms with Crippen LogP contribution in [0.3, 0.4) is 0 Å². The van der Waals surface area contributed by atoms with Crippen LogP contribution in [0.4, 0.5) is 0 Å². The lowest BCUT2D eigenvalue weighted by molar-refractivity contribution is 1.51. The number of thioether (sulfide) groups is 2. The second kappa shape index (κ2) is 6.20. The summed E-state index contributed by atoms with van der Waals surface area (Å²) in [7, 11) is 0. The highest BCUT2D eigenvalue weighted by Crippen LogP contribution is 2.38. The van der Waals surface area contributed by atoms with Gasteiger partial charge in [0.05, 0.1) is 8.77 Å². The van der Waals surface area contributed by atoms with Gasteiger partial charge < -0.3 is 0 Å². The van der Waals surface area contributed by atoms with Gasteiger partial charge in [-0.1, -0.05) is 23.5 Å². The molecule has 0 saturated heterocycles. The predicted molar refractivity (Wildman–Crippen MR) is 103 cm³/mol. The monoisotopic (exact) mass is 386 g/mol. The molecule has 0 atom stereocenters. The zero-order valence-corrected chi connectivity index (χ0v) is 15.5. The number of nitrogens with zero attached hydrogens (tertiary/aromatic N) is 2. The van der Waals surface area contributed by atoms with Gasteiger partial charge >= 0.3 is 0 Å². The lowest BCUT2D eigenvalue weighted by Gasteiger charge is -1.87. The van der Waals surface area contributed by atoms with E-state index in [1.165, 1.54) is 29.2 Å². The Bertz CT molecular complexity index is 1180. The first-order chi connectivity index (χ1) is 11.3. The van der Waals surface area contributed by atoms with Crippen LogP contribution in [0.5, 0.6) is 0 Å². The molecule has 4 rings (SSSR count). The Hall–Kier alpha value is -1.48. The molecule has 0 radical (unpaired) electrons. The average Bonchev–Trinajstić information content (AvgIpc) is 3.30. The summed E-state index contributed by atoms with van der Waals surface area (Å²) in [5.74, 6) is 0. The van der Waals surface area contributed by atoms with Gasteiger partial charge in [0.1, 0.15) is 17.7 Å². The van der Waals surface area contributed by atoms with Gasteiger partial charge in [0.2, 0.25) is 0 Å². The Morgan fingerprint density at radius 3 is 2.17 bits per heavy atom. The molecule has 110 valence electrons. The number of fused-ring (bicyclic) bond motifs is 1. The van der Waals surface area contributed by atoms with Crippen molar-refractivity contribution in [3.8, 4) is 12.1 Å². The van der Waals surface area contributed by atoms with E-state index < -0.39 is 0 Å². The summed E-state index contributed by atoms with van der Waals surface area (Å²) < 4.78 is 8.18. The first kappa shape index (κ1) is 15.1. The molecule has 0 amide bonds. The molecule has 23 heavy (non-hydrogen) atoms. The van der Waals surface area contributed by atoms with Crippen molar-refractivity contribution in [2.75, 3.05) is 0 Å². The summed E-state index contributed by atoms with van der Waals surface area (Å²) in [5, 5.41) is 22.2. The summed E-state index contributed by atoms with van der Waals surface area (Å²) in [4.78, 5) is 0. The van der Waals surface area contributed by atoms with Crippen LogP contribution in [-0.4, -0.2) is 0 Å². The van der Waals surface area contributed by atoms with Crippen molar-refractivity contribution in [1.29, 1.82) is 10.5 Å². The largest absolute Gasteiger partial charge is 0.192 e. The zero-order chi connectivity index (χ0) is 15.8. The molecule has 1 aliphatic rings. The Morgan fingerprint density at radius 1 is 0.783 bits per heavy atom. The minimum absolute atomic E-state index is 0.192. The van der Waals surface area contributed by atoms with Crippen molar-refractivity contribution >= 4 is 76.7 Å². The molecular formula is C16H6N2S5. The third-order valence-electron chi connectivity index (χ3n) is 3.13. The van der Waals surface area contributed by atoms with Gasteiger partial charge in [-0.3, -0.25) is 0 Å². The average molecular weight is 387 g/mol. The van der Waals surface area contributed by atoms with Gasteiger partial charge in [0, 0.05) is 23.0 Å². The van der Waals surface area contributed by atoms with Crippen molar-refractivity contribution < 1.29 is 0 Å². The van der Waals surface area contributed by atoms with Crippen molar-refractivity contribution in [1.82, 2.24) is 0 Å². The lowest BCUT2D eigenvalue weighted by Crippen LogP contribution is -1.94. The standard InChI is InChI=1S/C16H6N2S5/c17-7-9(8-18)12-5-14-15(22-12)6-13(23-14)10-1-2-11(21-10)16-19-3-4-20-16/h1-6H/b13-10+. The van der Waals surface area contributed by atoms with E-state index in [9.17, 15) is 0 Å². The highest BCUT2D eigenvalue weighted by Gasteiger charge is 2.06. The van der Waals surface area contributed by atoms with Crippen molar-refractivity contribution in [2.24, 2.45) is 0 Å². The second-order valence-electron chi connectivity index (χ2n) is 4.51. The molecule has 0 saturated carbocycles. The Labute approximate surface area is 152 Å². The Balaban J connectivity index is 1.93. The molecule has 7 heteroatoms. The van der Waals surface area contributed by atoms with E-state index in [0.717, 1.165) is 13.9 Å². The van der Waals surface area contributed by atoms with E-state index in [0.29, 0.717) is 0 Å². The topological polar surface area (TPSA) is 47.6 Å². The van der Waals surface area contributed by atoms with E-state index in [1.807, 2.05) is 29.5 Å². The highest BCUT2D eigenvalue weighted by molar-refractivity contribution is 8.34. The Morgan fingerprint density at radius 2 is 1.48 bits per heavy atom. The smallest absolute Gasteiger partial charge is 0.146 e. The molecule has 4 heterocycles. The van der Waals surface area contributed by atoms with Crippen LogP contribution in [-0.2, 0) is 0 Å². The summed E-state index contributed by atoms with van der Waals surface area (Å²) in [6.07, 6.45) is 0. The summed E-state index contributed by atoms with van der Waals surface area (Å²) in [6, 6.07) is 12.4. The highest BCUT2D eigenvalue weighted by atomic mass is 32.2. The minimum Gasteiger partial charge on any atom is -0.192 e. The Kier molecular flexibility index (Phi) is 4.06. The van der Waals surface area contributed by atoms with Crippen LogP contribution < -0.4 is 9.06 Å². The van der Waals surface area contributed by atoms with Gasteiger partial charge in [0.25, 0.3) is 0 Å². The van der Waals surface area contributed by atoms with Crippen LogP contribution in [0.25, 0.3) is 19.2 Å². The van der Waals surface area contributed by atoms with Crippen LogP contribution in [0.2, 0.25) is 0 Å². The first-order valence-electron chi connectivity index (χ1n) is 6.45. The van der Waals surface area contributed by atoms with Gasteiger partial charge in [-0.25, -0.2) is 0 Å². The quantitative estimate of drug-likeness (QED) is 0.570. The fourth-order valence-corrected chi connectivity index (χ4v) is 7.54. The molecule has 0 aliphatic carbocycles. The predicted octanol–water partition coefficient (Wildman–Crippen LogP) is 4.53. The molecule has 3 aromatic rings. The normalized spacial score (nSPS) is 15.0. The van der Waals surface area contributed by atoms with Gasteiger partial charge in [0.15, 0.2) is 0 Å². The zero-order valence-electron chi connectivity index (χ0n) is 11.4. The fraction of sp³-hybridized carbons (Fsp3) is 0. The van der Waals surface area contributed by atoms with Gasteiger partial charge in [-0.05, 0) is 35.1 Å². The second-order valence-corrected chi connectivity index (χ2v) is 9.85.